The van der Waals surface area contributed by atoms with Crippen molar-refractivity contribution in [1.29, 1.82) is 0 Å². The van der Waals surface area contributed by atoms with Crippen LogP contribution in [0.4, 0.5) is 0 Å². The zero-order chi connectivity index (χ0) is 21.8. The second-order valence-electron chi connectivity index (χ2n) is 10.6. The standard InChI is InChI=1S/C29H36O2/c1-4-15-29(31)21(5-2)17-26-24-13-11-20-16-22(30)12-14-23(20)27(24)25(18-28(26,29)3)19-9-7-6-8-10-19/h4,6-10,15-16,21,24-26,31H,5,11-14,17-18H2,1-3H3/t21-,24+,25-,26+,28+,29+/m1/s1. The Morgan fingerprint density at radius 2 is 1.94 bits per heavy atom. The Labute approximate surface area is 187 Å². The Balaban J connectivity index is 1.71. The van der Waals surface area contributed by atoms with Gasteiger partial charge in [0.1, 0.15) is 0 Å². The highest BCUT2D eigenvalue weighted by atomic mass is 16.3. The molecule has 0 heterocycles. The van der Waals surface area contributed by atoms with Crippen molar-refractivity contribution in [3.8, 4) is 0 Å². The van der Waals surface area contributed by atoms with Gasteiger partial charge in [0.2, 0.25) is 0 Å². The molecule has 0 aromatic heterocycles. The monoisotopic (exact) mass is 416 g/mol. The molecule has 2 heteroatoms. The summed E-state index contributed by atoms with van der Waals surface area (Å²) in [7, 11) is 0. The molecule has 0 unspecified atom stereocenters. The number of hydrogen-bond acceptors (Lipinski definition) is 2. The van der Waals surface area contributed by atoms with Crippen molar-refractivity contribution in [2.75, 3.05) is 0 Å². The molecule has 4 aliphatic rings. The number of benzene rings is 1. The van der Waals surface area contributed by atoms with Crippen molar-refractivity contribution in [3.63, 3.8) is 0 Å². The van der Waals surface area contributed by atoms with Crippen molar-refractivity contribution in [2.45, 2.75) is 77.2 Å². The maximum atomic E-state index is 12.2. The maximum Gasteiger partial charge on any atom is 0.156 e. The molecule has 6 atom stereocenters. The Bertz CT molecular complexity index is 968. The van der Waals surface area contributed by atoms with Crippen LogP contribution in [-0.4, -0.2) is 16.5 Å². The first-order valence-corrected chi connectivity index (χ1v) is 12.3. The van der Waals surface area contributed by atoms with Crippen LogP contribution in [0, 0.1) is 23.2 Å². The molecule has 2 fully saturated rings. The van der Waals surface area contributed by atoms with E-state index in [0.29, 0.717) is 35.9 Å². The topological polar surface area (TPSA) is 37.3 Å². The van der Waals surface area contributed by atoms with Gasteiger partial charge in [-0.15, -0.1) is 0 Å². The Morgan fingerprint density at radius 3 is 2.65 bits per heavy atom. The third-order valence-corrected chi connectivity index (χ3v) is 9.32. The van der Waals surface area contributed by atoms with E-state index in [1.807, 2.05) is 13.0 Å². The fourth-order valence-electron chi connectivity index (χ4n) is 7.90. The molecule has 0 saturated heterocycles. The van der Waals surface area contributed by atoms with Gasteiger partial charge in [-0.2, -0.15) is 0 Å². The number of carbonyl (C=O) groups excluding carboxylic acids is 1. The smallest absolute Gasteiger partial charge is 0.156 e. The zero-order valence-corrected chi connectivity index (χ0v) is 19.2. The number of aliphatic hydroxyl groups is 1. The van der Waals surface area contributed by atoms with E-state index in [4.69, 9.17) is 0 Å². The fraction of sp³-hybridized carbons (Fsp3) is 0.552. The number of rotatable bonds is 3. The van der Waals surface area contributed by atoms with Crippen LogP contribution in [-0.2, 0) is 4.79 Å². The molecule has 0 radical (unpaired) electrons. The molecule has 0 bridgehead atoms. The number of fused-ring (bicyclic) bond motifs is 4. The fourth-order valence-corrected chi connectivity index (χ4v) is 7.90. The molecule has 0 spiro atoms. The van der Waals surface area contributed by atoms with Gasteiger partial charge in [-0.05, 0) is 79.6 Å². The molecule has 2 saturated carbocycles. The normalized spacial score (nSPS) is 39.9. The summed E-state index contributed by atoms with van der Waals surface area (Å²) in [5.74, 6) is 1.94. The average molecular weight is 417 g/mol. The summed E-state index contributed by atoms with van der Waals surface area (Å²) in [5, 5.41) is 12.2. The van der Waals surface area contributed by atoms with Crippen LogP contribution in [0.15, 0.2) is 65.3 Å². The predicted octanol–water partition coefficient (Wildman–Crippen LogP) is 6.53. The van der Waals surface area contributed by atoms with E-state index >= 15 is 0 Å². The van der Waals surface area contributed by atoms with E-state index in [0.717, 1.165) is 38.5 Å². The van der Waals surface area contributed by atoms with Crippen LogP contribution in [0.3, 0.4) is 0 Å². The molecule has 31 heavy (non-hydrogen) atoms. The van der Waals surface area contributed by atoms with Crippen molar-refractivity contribution < 1.29 is 9.90 Å². The van der Waals surface area contributed by atoms with E-state index in [2.05, 4.69) is 56.3 Å². The number of carbonyl (C=O) groups is 1. The molecule has 1 N–H and O–H groups in total. The molecule has 1 aromatic rings. The summed E-state index contributed by atoms with van der Waals surface area (Å²) in [6.07, 6.45) is 12.9. The minimum absolute atomic E-state index is 0.138. The van der Waals surface area contributed by atoms with Crippen LogP contribution >= 0.6 is 0 Å². The molecule has 0 aliphatic heterocycles. The summed E-state index contributed by atoms with van der Waals surface area (Å²) in [6, 6.07) is 10.9. The van der Waals surface area contributed by atoms with Crippen molar-refractivity contribution in [3.05, 3.63) is 70.8 Å². The van der Waals surface area contributed by atoms with Crippen LogP contribution in [0.2, 0.25) is 0 Å². The van der Waals surface area contributed by atoms with Crippen LogP contribution in [0.1, 0.15) is 77.2 Å². The van der Waals surface area contributed by atoms with E-state index in [-0.39, 0.29) is 5.41 Å². The minimum atomic E-state index is -0.747. The first kappa shape index (κ1) is 20.9. The van der Waals surface area contributed by atoms with Gasteiger partial charge in [-0.3, -0.25) is 4.79 Å². The third-order valence-electron chi connectivity index (χ3n) is 9.32. The van der Waals surface area contributed by atoms with Crippen LogP contribution < -0.4 is 0 Å². The van der Waals surface area contributed by atoms with Crippen LogP contribution in [0.5, 0.6) is 0 Å². The maximum absolute atomic E-state index is 12.2. The number of hydrogen-bond donors (Lipinski definition) is 1. The van der Waals surface area contributed by atoms with Gasteiger partial charge in [0.25, 0.3) is 0 Å². The zero-order valence-electron chi connectivity index (χ0n) is 19.2. The second kappa shape index (κ2) is 7.59. The van der Waals surface area contributed by atoms with Crippen molar-refractivity contribution >= 4 is 5.78 Å². The van der Waals surface area contributed by atoms with E-state index < -0.39 is 5.60 Å². The lowest BCUT2D eigenvalue weighted by atomic mass is 9.51. The molecular formula is C29H36O2. The SMILES string of the molecule is CC=C[C@]1(O)[C@H](CC)C[C@H]2[C@@H]3CCC4=CC(=O)CCC4=C3[C@@H](c3ccccc3)C[C@@]21C. The first-order valence-electron chi connectivity index (χ1n) is 12.3. The quantitative estimate of drug-likeness (QED) is 0.569. The summed E-state index contributed by atoms with van der Waals surface area (Å²) < 4.78 is 0. The first-order chi connectivity index (χ1) is 14.9. The van der Waals surface area contributed by atoms with Gasteiger partial charge in [0.15, 0.2) is 5.78 Å². The molecular weight excluding hydrogens is 380 g/mol. The van der Waals surface area contributed by atoms with Crippen LogP contribution in [0.25, 0.3) is 0 Å². The van der Waals surface area contributed by atoms with E-state index in [1.165, 1.54) is 16.7 Å². The Hall–Kier alpha value is -1.93. The summed E-state index contributed by atoms with van der Waals surface area (Å²) in [4.78, 5) is 12.2. The molecule has 2 nitrogen and oxygen atoms in total. The van der Waals surface area contributed by atoms with Gasteiger partial charge in [0.05, 0.1) is 5.60 Å². The molecule has 1 aromatic carbocycles. The molecule has 0 amide bonds. The predicted molar refractivity (Wildman–Crippen MR) is 126 cm³/mol. The summed E-state index contributed by atoms with van der Waals surface area (Å²) in [6.45, 7) is 6.66. The summed E-state index contributed by atoms with van der Waals surface area (Å²) >= 11 is 0. The molecule has 5 rings (SSSR count). The van der Waals surface area contributed by atoms with E-state index in [9.17, 15) is 9.90 Å². The van der Waals surface area contributed by atoms with Gasteiger partial charge >= 0.3 is 0 Å². The van der Waals surface area contributed by atoms with Crippen molar-refractivity contribution in [1.82, 2.24) is 0 Å². The third kappa shape index (κ3) is 2.98. The molecule has 4 aliphatic carbocycles. The lowest BCUT2D eigenvalue weighted by molar-refractivity contribution is -0.114. The lowest BCUT2D eigenvalue weighted by Gasteiger charge is -2.54. The average Bonchev–Trinajstić information content (AvgIpc) is 3.00. The summed E-state index contributed by atoms with van der Waals surface area (Å²) in [5.41, 5.74) is 4.89. The van der Waals surface area contributed by atoms with Gasteiger partial charge in [0, 0.05) is 17.8 Å². The van der Waals surface area contributed by atoms with Crippen molar-refractivity contribution in [2.24, 2.45) is 23.2 Å². The Kier molecular flexibility index (Phi) is 5.13. The van der Waals surface area contributed by atoms with Gasteiger partial charge < -0.3 is 5.11 Å². The minimum Gasteiger partial charge on any atom is -0.385 e. The van der Waals surface area contributed by atoms with Gasteiger partial charge in [-0.1, -0.05) is 68.3 Å². The second-order valence-corrected chi connectivity index (χ2v) is 10.6. The van der Waals surface area contributed by atoms with Gasteiger partial charge in [-0.25, -0.2) is 0 Å². The number of ketones is 1. The Morgan fingerprint density at radius 1 is 1.16 bits per heavy atom. The highest BCUT2D eigenvalue weighted by molar-refractivity contribution is 5.93. The highest BCUT2D eigenvalue weighted by Gasteiger charge is 2.65. The van der Waals surface area contributed by atoms with E-state index in [1.54, 1.807) is 5.57 Å². The highest BCUT2D eigenvalue weighted by Crippen LogP contribution is 2.68. The molecule has 164 valence electrons. The lowest BCUT2D eigenvalue weighted by Crippen LogP contribution is -2.52. The number of allylic oxidation sites excluding steroid dienone is 5. The largest absolute Gasteiger partial charge is 0.385 e.